The van der Waals surface area contributed by atoms with Crippen molar-refractivity contribution in [2.45, 2.75) is 89.1 Å². The number of aliphatic imine (C=N–C) groups is 1. The molecular formula is C34H43ClN2O11. The Bertz CT molecular complexity index is 1590. The summed E-state index contributed by atoms with van der Waals surface area (Å²) in [6, 6.07) is 3.76. The van der Waals surface area contributed by atoms with Crippen molar-refractivity contribution < 1.29 is 54.1 Å². The Morgan fingerprint density at radius 2 is 1.77 bits per heavy atom. The molecule has 5 rings (SSSR count). The minimum Gasteiger partial charge on any atom is -0.507 e. The number of aromatic hydroxyl groups is 2. The third-order valence-corrected chi connectivity index (χ3v) is 9.17. The summed E-state index contributed by atoms with van der Waals surface area (Å²) in [5.74, 6) is -3.74. The standard InChI is InChI=1S/C34H42N2O11.ClH/c1-5-10-36(11-6-2)16-35-20-12-24(46-17(3)29(20)39)47-22-14-34(44,23(38)15-37)13-19-26(22)33(43)28-27(31(19)41)30(40)18-8-7-9-21(45-4)25(18)32(28)42;/h7-9,16-17,20,22,24,29,37,39,41,43-44H,5-6,10-15H2,1-4H3;1H/t17?,20-,22-,24?,29-,34?;/m0./s1. The molecule has 0 aromatic heterocycles. The molecule has 0 spiro atoms. The molecule has 0 bridgehead atoms. The molecule has 6 atom stereocenters. The van der Waals surface area contributed by atoms with Crippen LogP contribution in [-0.2, 0) is 20.7 Å². The summed E-state index contributed by atoms with van der Waals surface area (Å²) in [7, 11) is 1.33. The van der Waals surface area contributed by atoms with Crippen LogP contribution in [0.2, 0.25) is 0 Å². The smallest absolute Gasteiger partial charge is 0.202 e. The van der Waals surface area contributed by atoms with Gasteiger partial charge in [0.15, 0.2) is 17.9 Å². The van der Waals surface area contributed by atoms with Crippen LogP contribution in [-0.4, -0.2) is 111 Å². The van der Waals surface area contributed by atoms with Gasteiger partial charge in [0.25, 0.3) is 0 Å². The Labute approximate surface area is 284 Å². The summed E-state index contributed by atoms with van der Waals surface area (Å²) < 4.78 is 17.6. The third kappa shape index (κ3) is 6.55. The van der Waals surface area contributed by atoms with E-state index < -0.39 is 95.7 Å². The van der Waals surface area contributed by atoms with E-state index in [1.165, 1.54) is 25.3 Å². The van der Waals surface area contributed by atoms with Crippen LogP contribution in [0.4, 0.5) is 0 Å². The van der Waals surface area contributed by atoms with Crippen LogP contribution in [0, 0.1) is 0 Å². The van der Waals surface area contributed by atoms with Crippen molar-refractivity contribution in [1.82, 2.24) is 4.90 Å². The summed E-state index contributed by atoms with van der Waals surface area (Å²) in [6.07, 6.45) is -1.59. The number of carbonyl (C=O) groups is 3. The minimum atomic E-state index is -2.26. The number of hydrogen-bond donors (Lipinski definition) is 5. The average molecular weight is 691 g/mol. The molecule has 48 heavy (non-hydrogen) atoms. The predicted molar refractivity (Wildman–Crippen MR) is 175 cm³/mol. The molecule has 262 valence electrons. The number of ketones is 3. The molecule has 13 nitrogen and oxygen atoms in total. The average Bonchev–Trinajstić information content (AvgIpc) is 3.05. The maximum atomic E-state index is 13.9. The molecule has 5 N–H and O–H groups in total. The van der Waals surface area contributed by atoms with Crippen molar-refractivity contribution in [3.8, 4) is 17.2 Å². The van der Waals surface area contributed by atoms with Crippen molar-refractivity contribution in [1.29, 1.82) is 0 Å². The first-order valence-corrected chi connectivity index (χ1v) is 15.9. The second kappa shape index (κ2) is 14.9. The lowest BCUT2D eigenvalue weighted by atomic mass is 9.72. The van der Waals surface area contributed by atoms with Crippen LogP contribution in [0.5, 0.6) is 17.2 Å². The lowest BCUT2D eigenvalue weighted by molar-refractivity contribution is -0.247. The number of phenols is 2. The molecule has 2 aromatic rings. The van der Waals surface area contributed by atoms with Crippen LogP contribution < -0.4 is 4.74 Å². The molecule has 2 aromatic carbocycles. The van der Waals surface area contributed by atoms with Crippen LogP contribution in [0.25, 0.3) is 0 Å². The first kappa shape index (κ1) is 37.2. The Hall–Kier alpha value is -3.59. The number of hydrogen-bond acceptors (Lipinski definition) is 12. The predicted octanol–water partition coefficient (Wildman–Crippen LogP) is 2.61. The second-order valence-corrected chi connectivity index (χ2v) is 12.4. The first-order chi connectivity index (χ1) is 22.4. The molecule has 1 aliphatic heterocycles. The number of carbonyl (C=O) groups excluding carboxylic acids is 3. The number of aliphatic hydroxyl groups is 3. The largest absolute Gasteiger partial charge is 0.507 e. The number of Topliss-reactive ketones (excluding diaryl/α,β-unsaturated/α-hetero) is 1. The highest BCUT2D eigenvalue weighted by Gasteiger charge is 2.50. The highest BCUT2D eigenvalue weighted by molar-refractivity contribution is 6.31. The zero-order valence-corrected chi connectivity index (χ0v) is 28.2. The van der Waals surface area contributed by atoms with Crippen LogP contribution in [0.1, 0.15) is 95.5 Å². The molecule has 14 heteroatoms. The zero-order valence-electron chi connectivity index (χ0n) is 27.3. The Balaban J connectivity index is 0.00000520. The van der Waals surface area contributed by atoms with Gasteiger partial charge in [0.1, 0.15) is 35.6 Å². The summed E-state index contributed by atoms with van der Waals surface area (Å²) in [4.78, 5) is 47.1. The molecule has 1 fully saturated rings. The SMILES string of the molecule is CCCN(C=N[C@H]1CC(O[C@H]2CC(O)(C(=O)CO)Cc3c(O)c4c(c(O)c32)C(=O)c2c(OC)cccc2C4=O)OC(C)[C@@H]1O)CCC.Cl. The van der Waals surface area contributed by atoms with E-state index in [0.717, 1.165) is 25.9 Å². The van der Waals surface area contributed by atoms with E-state index >= 15 is 0 Å². The zero-order chi connectivity index (χ0) is 34.2. The Morgan fingerprint density at radius 1 is 1.10 bits per heavy atom. The van der Waals surface area contributed by atoms with E-state index in [2.05, 4.69) is 23.7 Å². The number of ether oxygens (including phenoxy) is 3. The topological polar surface area (TPSA) is 196 Å². The number of phenolic OH excluding ortho intramolecular Hbond substituents is 2. The first-order valence-electron chi connectivity index (χ1n) is 15.9. The van der Waals surface area contributed by atoms with E-state index in [4.69, 9.17) is 14.2 Å². The highest BCUT2D eigenvalue weighted by atomic mass is 35.5. The summed E-state index contributed by atoms with van der Waals surface area (Å²) in [6.45, 7) is 6.31. The molecule has 0 radical (unpaired) electrons. The van der Waals surface area contributed by atoms with Gasteiger partial charge in [-0.1, -0.05) is 26.0 Å². The van der Waals surface area contributed by atoms with Gasteiger partial charge in [0.05, 0.1) is 48.4 Å². The molecule has 1 heterocycles. The minimum absolute atomic E-state index is 0. The van der Waals surface area contributed by atoms with Crippen molar-refractivity contribution in [2.24, 2.45) is 4.99 Å². The maximum Gasteiger partial charge on any atom is 0.202 e. The molecule has 3 aliphatic rings. The number of rotatable bonds is 11. The number of fused-ring (bicyclic) bond motifs is 3. The van der Waals surface area contributed by atoms with E-state index in [0.29, 0.717) is 0 Å². The number of aliphatic hydroxyl groups excluding tert-OH is 2. The van der Waals surface area contributed by atoms with E-state index in [1.54, 1.807) is 13.3 Å². The summed E-state index contributed by atoms with van der Waals surface area (Å²) in [5.41, 5.74) is -3.60. The fourth-order valence-electron chi connectivity index (χ4n) is 6.82. The normalized spacial score (nSPS) is 26.4. The van der Waals surface area contributed by atoms with Gasteiger partial charge < -0.3 is 44.6 Å². The van der Waals surface area contributed by atoms with Crippen molar-refractivity contribution in [2.75, 3.05) is 26.8 Å². The second-order valence-electron chi connectivity index (χ2n) is 12.4. The number of benzene rings is 2. The van der Waals surface area contributed by atoms with Crippen molar-refractivity contribution in [3.05, 3.63) is 51.6 Å². The molecule has 0 saturated carbocycles. The van der Waals surface area contributed by atoms with Gasteiger partial charge in [-0.2, -0.15) is 0 Å². The lowest BCUT2D eigenvalue weighted by Gasteiger charge is -2.42. The Kier molecular flexibility index (Phi) is 11.6. The van der Waals surface area contributed by atoms with Crippen LogP contribution in [0.3, 0.4) is 0 Å². The quantitative estimate of drug-likeness (QED) is 0.112. The van der Waals surface area contributed by atoms with Crippen molar-refractivity contribution >= 4 is 36.1 Å². The highest BCUT2D eigenvalue weighted by Crippen LogP contribution is 2.52. The molecule has 2 aliphatic carbocycles. The van der Waals surface area contributed by atoms with Crippen LogP contribution >= 0.6 is 12.4 Å². The van der Waals surface area contributed by atoms with E-state index in [1.807, 2.05) is 0 Å². The van der Waals surface area contributed by atoms with Gasteiger partial charge in [-0.05, 0) is 25.8 Å². The molecule has 1 saturated heterocycles. The molecule has 0 amide bonds. The van der Waals surface area contributed by atoms with Gasteiger partial charge in [-0.25, -0.2) is 0 Å². The maximum absolute atomic E-state index is 13.9. The van der Waals surface area contributed by atoms with E-state index in [-0.39, 0.29) is 46.8 Å². The van der Waals surface area contributed by atoms with Crippen LogP contribution in [0.15, 0.2) is 23.2 Å². The van der Waals surface area contributed by atoms with Gasteiger partial charge in [0.2, 0.25) is 5.78 Å². The van der Waals surface area contributed by atoms with Gasteiger partial charge in [-0.15, -0.1) is 12.4 Å². The molecular weight excluding hydrogens is 648 g/mol. The lowest BCUT2D eigenvalue weighted by Crippen LogP contribution is -2.50. The summed E-state index contributed by atoms with van der Waals surface area (Å²) in [5, 5.41) is 55.3. The fraction of sp³-hybridized carbons (Fsp3) is 0.529. The van der Waals surface area contributed by atoms with Crippen molar-refractivity contribution in [3.63, 3.8) is 0 Å². The number of methoxy groups -OCH3 is 1. The van der Waals surface area contributed by atoms with Gasteiger partial charge in [-0.3, -0.25) is 19.4 Å². The molecule has 3 unspecified atom stereocenters. The Morgan fingerprint density at radius 3 is 2.40 bits per heavy atom. The van der Waals surface area contributed by atoms with Gasteiger partial charge in [0, 0.05) is 49.0 Å². The number of nitrogens with zero attached hydrogens (tertiary/aromatic N) is 2. The monoisotopic (exact) mass is 690 g/mol. The fourth-order valence-corrected chi connectivity index (χ4v) is 6.82. The van der Waals surface area contributed by atoms with E-state index in [9.17, 15) is 39.9 Å². The van der Waals surface area contributed by atoms with Gasteiger partial charge >= 0.3 is 0 Å². The summed E-state index contributed by atoms with van der Waals surface area (Å²) >= 11 is 0. The third-order valence-electron chi connectivity index (χ3n) is 9.17. The number of halogens is 1.